The number of carboxylic acids is 1. The van der Waals surface area contributed by atoms with Gasteiger partial charge in [0.15, 0.2) is 0 Å². The maximum Gasteiger partial charge on any atom is 0.375 e. The molecular formula is C6H10N4O3. The van der Waals surface area contributed by atoms with Crippen LogP contribution in [-0.2, 0) is 6.54 Å². The fraction of sp³-hybridized carbons (Fsp3) is 0.667. The molecule has 2 N–H and O–H groups in total. The largest absolute Gasteiger partial charge is 0.475 e. The van der Waals surface area contributed by atoms with Crippen LogP contribution in [0.25, 0.3) is 0 Å². The third-order valence-electron chi connectivity index (χ3n) is 1.26. The van der Waals surface area contributed by atoms with Crippen LogP contribution in [0.3, 0.4) is 0 Å². The van der Waals surface area contributed by atoms with E-state index in [4.69, 9.17) is 5.11 Å². The minimum absolute atomic E-state index is 0.0433. The topological polar surface area (TPSA) is 101 Å². The van der Waals surface area contributed by atoms with Crippen molar-refractivity contribution < 1.29 is 15.0 Å². The van der Waals surface area contributed by atoms with Gasteiger partial charge in [0.05, 0.1) is 12.1 Å². The first-order valence-corrected chi connectivity index (χ1v) is 3.62. The van der Waals surface area contributed by atoms with Crippen molar-refractivity contribution in [3.63, 3.8) is 0 Å². The van der Waals surface area contributed by atoms with Crippen LogP contribution in [0.15, 0.2) is 0 Å². The highest BCUT2D eigenvalue weighted by Gasteiger charge is 2.20. The molecule has 7 nitrogen and oxygen atoms in total. The van der Waals surface area contributed by atoms with Gasteiger partial charge in [0.25, 0.3) is 5.82 Å². The second-order valence-electron chi connectivity index (χ2n) is 3.28. The van der Waals surface area contributed by atoms with Gasteiger partial charge in [-0.1, -0.05) is 0 Å². The van der Waals surface area contributed by atoms with Crippen LogP contribution in [-0.4, -0.2) is 42.0 Å². The monoisotopic (exact) mass is 186 g/mol. The molecule has 1 rings (SSSR count). The van der Waals surface area contributed by atoms with Crippen molar-refractivity contribution in [2.24, 2.45) is 0 Å². The van der Waals surface area contributed by atoms with Crippen LogP contribution in [0.2, 0.25) is 0 Å². The predicted molar refractivity (Wildman–Crippen MR) is 41.1 cm³/mol. The number of hydrogen-bond donors (Lipinski definition) is 2. The third kappa shape index (κ3) is 2.48. The quantitative estimate of drug-likeness (QED) is 0.637. The molecule has 0 aliphatic carbocycles. The lowest BCUT2D eigenvalue weighted by Gasteiger charge is -2.16. The van der Waals surface area contributed by atoms with E-state index in [9.17, 15) is 9.90 Å². The van der Waals surface area contributed by atoms with E-state index in [0.717, 1.165) is 4.68 Å². The highest BCUT2D eigenvalue weighted by molar-refractivity contribution is 5.82. The summed E-state index contributed by atoms with van der Waals surface area (Å²) in [6.45, 7) is 3.13. The van der Waals surface area contributed by atoms with Crippen LogP contribution in [0.4, 0.5) is 0 Å². The Morgan fingerprint density at radius 2 is 2.23 bits per heavy atom. The molecule has 0 unspecified atom stereocenters. The Bertz CT molecular complexity index is 314. The van der Waals surface area contributed by atoms with Gasteiger partial charge in [-0.05, 0) is 24.3 Å². The molecule has 0 fully saturated rings. The van der Waals surface area contributed by atoms with Gasteiger partial charge in [0, 0.05) is 0 Å². The van der Waals surface area contributed by atoms with E-state index < -0.39 is 11.6 Å². The van der Waals surface area contributed by atoms with Crippen LogP contribution in [0, 0.1) is 0 Å². The summed E-state index contributed by atoms with van der Waals surface area (Å²) in [7, 11) is 0. The van der Waals surface area contributed by atoms with Crippen LogP contribution in [0.5, 0.6) is 0 Å². The fourth-order valence-electron chi connectivity index (χ4n) is 0.831. The molecule has 0 radical (unpaired) electrons. The highest BCUT2D eigenvalue weighted by atomic mass is 16.4. The Kier molecular flexibility index (Phi) is 2.28. The molecule has 1 heterocycles. The number of hydrogen-bond acceptors (Lipinski definition) is 5. The Morgan fingerprint density at radius 1 is 1.62 bits per heavy atom. The minimum Gasteiger partial charge on any atom is -0.475 e. The summed E-state index contributed by atoms with van der Waals surface area (Å²) < 4.78 is 1.04. The van der Waals surface area contributed by atoms with Crippen molar-refractivity contribution in [2.45, 2.75) is 26.0 Å². The molecule has 0 aliphatic heterocycles. The number of carboxylic acid groups (broad SMARTS) is 1. The summed E-state index contributed by atoms with van der Waals surface area (Å²) in [5.41, 5.74) is -1.04. The van der Waals surface area contributed by atoms with Crippen molar-refractivity contribution in [2.75, 3.05) is 0 Å². The van der Waals surface area contributed by atoms with Gasteiger partial charge in [-0.2, -0.15) is 0 Å². The summed E-state index contributed by atoms with van der Waals surface area (Å²) in [5, 5.41) is 27.9. The summed E-state index contributed by atoms with van der Waals surface area (Å²) in [6, 6.07) is 0. The molecule has 0 aromatic carbocycles. The number of aliphatic hydroxyl groups is 1. The van der Waals surface area contributed by atoms with Gasteiger partial charge in [-0.3, -0.25) is 0 Å². The molecule has 0 spiro atoms. The summed E-state index contributed by atoms with van der Waals surface area (Å²) >= 11 is 0. The number of aromatic nitrogens is 4. The van der Waals surface area contributed by atoms with Gasteiger partial charge in [-0.25, -0.2) is 9.48 Å². The van der Waals surface area contributed by atoms with E-state index >= 15 is 0 Å². The lowest BCUT2D eigenvalue weighted by molar-refractivity contribution is 0.0524. The Morgan fingerprint density at radius 3 is 2.69 bits per heavy atom. The molecule has 0 saturated carbocycles. The number of nitrogens with zero attached hydrogens (tertiary/aromatic N) is 4. The normalized spacial score (nSPS) is 11.6. The zero-order chi connectivity index (χ0) is 10.1. The van der Waals surface area contributed by atoms with E-state index in [0.29, 0.717) is 0 Å². The molecule has 0 bridgehead atoms. The smallest absolute Gasteiger partial charge is 0.375 e. The van der Waals surface area contributed by atoms with Crippen molar-refractivity contribution in [1.82, 2.24) is 20.2 Å². The lowest BCUT2D eigenvalue weighted by Crippen LogP contribution is -2.28. The minimum atomic E-state index is -1.21. The van der Waals surface area contributed by atoms with Gasteiger partial charge >= 0.3 is 5.97 Å². The average Bonchev–Trinajstić information content (AvgIpc) is 2.31. The molecule has 1 aromatic rings. The number of aromatic carboxylic acids is 1. The van der Waals surface area contributed by atoms with Gasteiger partial charge in [0.2, 0.25) is 0 Å². The molecule has 7 heteroatoms. The first kappa shape index (κ1) is 9.59. The maximum atomic E-state index is 10.5. The summed E-state index contributed by atoms with van der Waals surface area (Å²) in [5.74, 6) is -1.49. The average molecular weight is 186 g/mol. The zero-order valence-electron chi connectivity index (χ0n) is 7.30. The van der Waals surface area contributed by atoms with Crippen molar-refractivity contribution in [1.29, 1.82) is 0 Å². The van der Waals surface area contributed by atoms with Crippen LogP contribution in [0.1, 0.15) is 24.5 Å². The molecule has 1 aromatic heterocycles. The van der Waals surface area contributed by atoms with Crippen molar-refractivity contribution in [3.05, 3.63) is 5.82 Å². The number of carbonyl (C=O) groups is 1. The molecular weight excluding hydrogens is 176 g/mol. The van der Waals surface area contributed by atoms with Crippen LogP contribution >= 0.6 is 0 Å². The fourth-order valence-corrected chi connectivity index (χ4v) is 0.831. The molecule has 0 aliphatic rings. The van der Waals surface area contributed by atoms with E-state index in [2.05, 4.69) is 15.5 Å². The molecule has 0 amide bonds. The van der Waals surface area contributed by atoms with Crippen LogP contribution < -0.4 is 0 Å². The van der Waals surface area contributed by atoms with E-state index in [1.807, 2.05) is 0 Å². The summed E-state index contributed by atoms with van der Waals surface area (Å²) in [6.07, 6.45) is 0. The van der Waals surface area contributed by atoms with Crippen molar-refractivity contribution >= 4 is 5.97 Å². The Balaban J connectivity index is 2.89. The maximum absolute atomic E-state index is 10.5. The van der Waals surface area contributed by atoms with Gasteiger partial charge in [0.1, 0.15) is 0 Å². The second kappa shape index (κ2) is 3.09. The van der Waals surface area contributed by atoms with E-state index in [1.54, 1.807) is 13.8 Å². The van der Waals surface area contributed by atoms with Crippen molar-refractivity contribution in [3.8, 4) is 0 Å². The standard InChI is InChI=1S/C6H10N4O3/c1-6(2,13)3-10-4(5(11)12)7-8-9-10/h13H,3H2,1-2H3,(H,11,12). The molecule has 13 heavy (non-hydrogen) atoms. The molecule has 0 atom stereocenters. The van der Waals surface area contributed by atoms with E-state index in [1.165, 1.54) is 0 Å². The summed E-state index contributed by atoms with van der Waals surface area (Å²) in [4.78, 5) is 10.5. The molecule has 0 saturated heterocycles. The van der Waals surface area contributed by atoms with E-state index in [-0.39, 0.29) is 12.4 Å². The SMILES string of the molecule is CC(C)(O)Cn1nnnc1C(=O)O. The Labute approximate surface area is 74.0 Å². The third-order valence-corrected chi connectivity index (χ3v) is 1.26. The molecule has 72 valence electrons. The number of tetrazole rings is 1. The Hall–Kier alpha value is -1.50. The number of rotatable bonds is 3. The zero-order valence-corrected chi connectivity index (χ0v) is 7.30. The van der Waals surface area contributed by atoms with Gasteiger partial charge < -0.3 is 10.2 Å². The van der Waals surface area contributed by atoms with Gasteiger partial charge in [-0.15, -0.1) is 5.10 Å². The highest BCUT2D eigenvalue weighted by Crippen LogP contribution is 2.05. The predicted octanol–water partition coefficient (Wildman–Crippen LogP) is -0.858. The second-order valence-corrected chi connectivity index (χ2v) is 3.28. The first-order chi connectivity index (χ1) is 5.90. The lowest BCUT2D eigenvalue weighted by atomic mass is 10.1. The first-order valence-electron chi connectivity index (χ1n) is 3.62.